The van der Waals surface area contributed by atoms with Gasteiger partial charge in [-0.3, -0.25) is 0 Å². The molecular weight excluding hydrogens is 422 g/mol. The summed E-state index contributed by atoms with van der Waals surface area (Å²) in [6, 6.07) is 11.2. The molecule has 0 aliphatic rings. The van der Waals surface area contributed by atoms with E-state index < -0.39 is 0 Å². The lowest BCUT2D eigenvalue weighted by Gasteiger charge is -2.21. The minimum absolute atomic E-state index is 0.243. The maximum Gasteiger partial charge on any atom is 0.138 e. The minimum atomic E-state index is -0.243. The Morgan fingerprint density at radius 3 is 2.53 bits per heavy atom. The van der Waals surface area contributed by atoms with Crippen molar-refractivity contribution in [1.29, 1.82) is 0 Å². The van der Waals surface area contributed by atoms with Gasteiger partial charge in [-0.1, -0.05) is 28.1 Å². The molecular formula is C14H13BrFIN2. The first-order valence-corrected chi connectivity index (χ1v) is 7.54. The van der Waals surface area contributed by atoms with E-state index in [4.69, 9.17) is 5.73 Å². The van der Waals surface area contributed by atoms with Crippen molar-refractivity contribution in [2.75, 3.05) is 17.7 Å². The zero-order chi connectivity index (χ0) is 14.0. The van der Waals surface area contributed by atoms with Gasteiger partial charge in [0.05, 0.1) is 14.9 Å². The summed E-state index contributed by atoms with van der Waals surface area (Å²) >= 11 is 5.34. The molecule has 0 fully saturated rings. The molecule has 100 valence electrons. The summed E-state index contributed by atoms with van der Waals surface area (Å²) in [7, 11) is 1.90. The fraction of sp³-hybridized carbons (Fsp3) is 0.143. The summed E-state index contributed by atoms with van der Waals surface area (Å²) in [5, 5.41) is 0. The predicted molar refractivity (Wildman–Crippen MR) is 89.8 cm³/mol. The average Bonchev–Trinajstić information content (AvgIpc) is 2.36. The number of nitrogens with zero attached hydrogens (tertiary/aromatic N) is 1. The molecule has 0 aliphatic heterocycles. The number of hydrogen-bond donors (Lipinski definition) is 1. The van der Waals surface area contributed by atoms with Gasteiger partial charge >= 0.3 is 0 Å². The Balaban J connectivity index is 2.22. The lowest BCUT2D eigenvalue weighted by Crippen LogP contribution is -2.18. The van der Waals surface area contributed by atoms with Gasteiger partial charge in [0.2, 0.25) is 0 Å². The highest BCUT2D eigenvalue weighted by Crippen LogP contribution is 2.28. The largest absolute Gasteiger partial charge is 0.397 e. The van der Waals surface area contributed by atoms with E-state index in [-0.39, 0.29) is 5.82 Å². The van der Waals surface area contributed by atoms with Crippen LogP contribution in [0.25, 0.3) is 0 Å². The fourth-order valence-electron chi connectivity index (χ4n) is 1.83. The van der Waals surface area contributed by atoms with Gasteiger partial charge in [0.25, 0.3) is 0 Å². The van der Waals surface area contributed by atoms with Crippen molar-refractivity contribution in [3.63, 3.8) is 0 Å². The standard InChI is InChI=1S/C14H13BrFIN2/c1-19(8-9-2-4-10(15)5-3-9)14-6-11(16)12(17)7-13(14)18/h2-7H,8,18H2,1H3. The third-order valence-electron chi connectivity index (χ3n) is 2.81. The fourth-order valence-corrected chi connectivity index (χ4v) is 2.59. The van der Waals surface area contributed by atoms with Crippen LogP contribution in [0.4, 0.5) is 15.8 Å². The number of hydrogen-bond acceptors (Lipinski definition) is 2. The van der Waals surface area contributed by atoms with Gasteiger partial charge in [0.15, 0.2) is 0 Å². The van der Waals surface area contributed by atoms with Crippen LogP contribution in [0.2, 0.25) is 0 Å². The smallest absolute Gasteiger partial charge is 0.138 e. The highest BCUT2D eigenvalue weighted by molar-refractivity contribution is 14.1. The molecule has 0 aromatic heterocycles. The van der Waals surface area contributed by atoms with Crippen LogP contribution in [0.5, 0.6) is 0 Å². The van der Waals surface area contributed by atoms with Gasteiger partial charge in [-0.05, 0) is 46.4 Å². The normalized spacial score (nSPS) is 10.5. The number of anilines is 2. The second kappa shape index (κ2) is 6.09. The lowest BCUT2D eigenvalue weighted by molar-refractivity contribution is 0.620. The number of rotatable bonds is 3. The van der Waals surface area contributed by atoms with Crippen LogP contribution in [0.15, 0.2) is 40.9 Å². The van der Waals surface area contributed by atoms with Crippen LogP contribution in [0.3, 0.4) is 0 Å². The van der Waals surface area contributed by atoms with Crippen LogP contribution in [0, 0.1) is 9.39 Å². The molecule has 0 unspecified atom stereocenters. The van der Waals surface area contributed by atoms with Gasteiger partial charge < -0.3 is 10.6 Å². The monoisotopic (exact) mass is 434 g/mol. The quantitative estimate of drug-likeness (QED) is 0.572. The first-order valence-electron chi connectivity index (χ1n) is 5.67. The molecule has 0 bridgehead atoms. The van der Waals surface area contributed by atoms with Crippen molar-refractivity contribution in [1.82, 2.24) is 0 Å². The molecule has 2 nitrogen and oxygen atoms in total. The molecule has 0 saturated heterocycles. The molecule has 0 aliphatic carbocycles. The summed E-state index contributed by atoms with van der Waals surface area (Å²) in [6.07, 6.45) is 0. The SMILES string of the molecule is CN(Cc1ccc(Br)cc1)c1cc(F)c(I)cc1N. The molecule has 5 heteroatoms. The Hall–Kier alpha value is -0.820. The Kier molecular flexibility index (Phi) is 4.67. The Morgan fingerprint density at radius 1 is 1.26 bits per heavy atom. The highest BCUT2D eigenvalue weighted by atomic mass is 127. The van der Waals surface area contributed by atoms with Crippen LogP contribution in [-0.2, 0) is 6.54 Å². The lowest BCUT2D eigenvalue weighted by atomic mass is 10.2. The molecule has 2 N–H and O–H groups in total. The summed E-state index contributed by atoms with van der Waals surface area (Å²) in [5.41, 5.74) is 8.39. The molecule has 0 radical (unpaired) electrons. The topological polar surface area (TPSA) is 29.3 Å². The van der Waals surface area contributed by atoms with Gasteiger partial charge in [0.1, 0.15) is 5.82 Å². The molecule has 19 heavy (non-hydrogen) atoms. The Bertz CT molecular complexity index is 587. The van der Waals surface area contributed by atoms with Crippen molar-refractivity contribution in [3.8, 4) is 0 Å². The molecule has 0 amide bonds. The first-order chi connectivity index (χ1) is 8.97. The molecule has 2 aromatic carbocycles. The second-order valence-electron chi connectivity index (χ2n) is 4.31. The van der Waals surface area contributed by atoms with Crippen LogP contribution in [0.1, 0.15) is 5.56 Å². The van der Waals surface area contributed by atoms with E-state index in [1.165, 1.54) is 6.07 Å². The summed E-state index contributed by atoms with van der Waals surface area (Å²) in [5.74, 6) is -0.243. The van der Waals surface area contributed by atoms with E-state index in [9.17, 15) is 4.39 Å². The zero-order valence-corrected chi connectivity index (χ0v) is 14.1. The van der Waals surface area contributed by atoms with Crippen molar-refractivity contribution < 1.29 is 4.39 Å². The third-order valence-corrected chi connectivity index (χ3v) is 4.17. The number of halogens is 3. The molecule has 0 atom stereocenters. The maximum absolute atomic E-state index is 13.6. The molecule has 2 rings (SSSR count). The average molecular weight is 435 g/mol. The molecule has 0 spiro atoms. The number of nitrogens with two attached hydrogens (primary N) is 1. The van der Waals surface area contributed by atoms with Crippen LogP contribution < -0.4 is 10.6 Å². The second-order valence-corrected chi connectivity index (χ2v) is 6.39. The van der Waals surface area contributed by atoms with E-state index in [0.717, 1.165) is 10.0 Å². The van der Waals surface area contributed by atoms with E-state index >= 15 is 0 Å². The number of nitrogen functional groups attached to an aromatic ring is 1. The minimum Gasteiger partial charge on any atom is -0.397 e. The third kappa shape index (κ3) is 3.60. The van der Waals surface area contributed by atoms with Crippen molar-refractivity contribution >= 4 is 49.9 Å². The van der Waals surface area contributed by atoms with E-state index in [0.29, 0.717) is 21.5 Å². The molecule has 2 aromatic rings. The molecule has 0 heterocycles. The zero-order valence-electron chi connectivity index (χ0n) is 10.3. The maximum atomic E-state index is 13.6. The van der Waals surface area contributed by atoms with E-state index in [1.54, 1.807) is 6.07 Å². The van der Waals surface area contributed by atoms with Gasteiger partial charge in [-0.2, -0.15) is 0 Å². The van der Waals surface area contributed by atoms with Gasteiger partial charge in [-0.15, -0.1) is 0 Å². The van der Waals surface area contributed by atoms with Crippen LogP contribution in [-0.4, -0.2) is 7.05 Å². The first kappa shape index (κ1) is 14.6. The molecule has 0 saturated carbocycles. The van der Waals surface area contributed by atoms with Crippen molar-refractivity contribution in [3.05, 3.63) is 55.8 Å². The van der Waals surface area contributed by atoms with Crippen LogP contribution >= 0.6 is 38.5 Å². The van der Waals surface area contributed by atoms with Gasteiger partial charge in [-0.25, -0.2) is 4.39 Å². The van der Waals surface area contributed by atoms with Gasteiger partial charge in [0, 0.05) is 24.1 Å². The summed E-state index contributed by atoms with van der Waals surface area (Å²) in [4.78, 5) is 1.94. The van der Waals surface area contributed by atoms with Crippen molar-refractivity contribution in [2.45, 2.75) is 6.54 Å². The number of benzene rings is 2. The Morgan fingerprint density at radius 2 is 1.89 bits per heavy atom. The van der Waals surface area contributed by atoms with E-state index in [1.807, 2.05) is 58.8 Å². The highest BCUT2D eigenvalue weighted by Gasteiger charge is 2.10. The predicted octanol–water partition coefficient (Wildman–Crippen LogP) is 4.41. The summed E-state index contributed by atoms with van der Waals surface area (Å²) in [6.45, 7) is 0.678. The summed E-state index contributed by atoms with van der Waals surface area (Å²) < 4.78 is 15.2. The van der Waals surface area contributed by atoms with E-state index in [2.05, 4.69) is 15.9 Å². The Labute approximate surface area is 134 Å². The van der Waals surface area contributed by atoms with Crippen molar-refractivity contribution in [2.24, 2.45) is 0 Å².